The van der Waals surface area contributed by atoms with Gasteiger partial charge in [-0.3, -0.25) is 4.79 Å². The molecule has 3 aromatic rings. The summed E-state index contributed by atoms with van der Waals surface area (Å²) in [5.41, 5.74) is 4.64. The average Bonchev–Trinajstić information content (AvgIpc) is 3.36. The van der Waals surface area contributed by atoms with E-state index in [2.05, 4.69) is 33.2 Å². The summed E-state index contributed by atoms with van der Waals surface area (Å²) in [4.78, 5) is 19.0. The number of aromatic amines is 1. The predicted molar refractivity (Wildman–Crippen MR) is 106 cm³/mol. The maximum atomic E-state index is 11.5. The van der Waals surface area contributed by atoms with Gasteiger partial charge >= 0.3 is 0 Å². The first-order valence-electron chi connectivity index (χ1n) is 9.29. The van der Waals surface area contributed by atoms with Gasteiger partial charge in [0.05, 0.1) is 17.5 Å². The van der Waals surface area contributed by atoms with E-state index in [0.29, 0.717) is 31.1 Å². The monoisotopic (exact) mass is 376 g/mol. The molecule has 0 spiro atoms. The lowest BCUT2D eigenvalue weighted by molar-refractivity contribution is -0.119. The van der Waals surface area contributed by atoms with Gasteiger partial charge in [-0.05, 0) is 35.4 Å². The zero-order valence-corrected chi connectivity index (χ0v) is 15.2. The number of hydrogen-bond donors (Lipinski definition) is 3. The van der Waals surface area contributed by atoms with E-state index in [1.54, 1.807) is 6.33 Å². The van der Waals surface area contributed by atoms with Crippen LogP contribution >= 0.6 is 0 Å². The highest BCUT2D eigenvalue weighted by atomic mass is 16.5. The van der Waals surface area contributed by atoms with E-state index in [1.165, 1.54) is 0 Å². The Labute approximate surface area is 161 Å². The Morgan fingerprint density at radius 2 is 2.14 bits per heavy atom. The van der Waals surface area contributed by atoms with Crippen LogP contribution in [0, 0.1) is 5.92 Å². The Kier molecular flexibility index (Phi) is 3.93. The lowest BCUT2D eigenvalue weighted by atomic mass is 10.0. The van der Waals surface area contributed by atoms with Gasteiger partial charge < -0.3 is 25.1 Å². The summed E-state index contributed by atoms with van der Waals surface area (Å²) < 4.78 is 11.7. The molecule has 2 aromatic carbocycles. The van der Waals surface area contributed by atoms with E-state index < -0.39 is 0 Å². The number of hydrogen-bond acceptors (Lipinski definition) is 5. The van der Waals surface area contributed by atoms with Crippen molar-refractivity contribution >= 4 is 22.6 Å². The van der Waals surface area contributed by atoms with Crippen LogP contribution in [0.5, 0.6) is 11.5 Å². The minimum Gasteiger partial charge on any atom is -0.490 e. The van der Waals surface area contributed by atoms with Crippen LogP contribution < -0.4 is 20.1 Å². The lowest BCUT2D eigenvalue weighted by Gasteiger charge is -2.20. The highest BCUT2D eigenvalue weighted by Gasteiger charge is 2.26. The first-order valence-corrected chi connectivity index (χ1v) is 9.29. The molecule has 0 unspecified atom stereocenters. The van der Waals surface area contributed by atoms with Crippen molar-refractivity contribution in [3.8, 4) is 22.6 Å². The van der Waals surface area contributed by atoms with Crippen molar-refractivity contribution in [1.29, 1.82) is 0 Å². The number of nitrogens with zero attached hydrogens (tertiary/aromatic N) is 1. The molecule has 2 aliphatic heterocycles. The Balaban J connectivity index is 1.51. The number of carbonyl (C=O) groups is 1. The lowest BCUT2D eigenvalue weighted by Crippen LogP contribution is -2.17. The zero-order chi connectivity index (χ0) is 19.1. The van der Waals surface area contributed by atoms with Crippen molar-refractivity contribution in [2.45, 2.75) is 6.42 Å². The number of aromatic nitrogens is 2. The highest BCUT2D eigenvalue weighted by Crippen LogP contribution is 2.36. The van der Waals surface area contributed by atoms with Gasteiger partial charge in [-0.2, -0.15) is 0 Å². The van der Waals surface area contributed by atoms with E-state index >= 15 is 0 Å². The number of H-pyrrole nitrogens is 1. The molecule has 5 rings (SSSR count). The maximum absolute atomic E-state index is 11.5. The molecular formula is C21H20N4O3. The summed E-state index contributed by atoms with van der Waals surface area (Å²) in [5.74, 6) is 2.05. The average molecular weight is 376 g/mol. The summed E-state index contributed by atoms with van der Waals surface area (Å²) in [6.45, 7) is 6.05. The van der Waals surface area contributed by atoms with Crippen molar-refractivity contribution in [3.63, 3.8) is 0 Å². The molecule has 28 heavy (non-hydrogen) atoms. The molecule has 0 bridgehead atoms. The normalized spacial score (nSPS) is 18.1. The molecule has 3 N–H and O–H groups in total. The highest BCUT2D eigenvalue weighted by molar-refractivity contribution is 5.88. The fourth-order valence-electron chi connectivity index (χ4n) is 3.64. The number of benzene rings is 2. The molecule has 1 aromatic heterocycles. The van der Waals surface area contributed by atoms with Crippen molar-refractivity contribution in [1.82, 2.24) is 15.3 Å². The van der Waals surface area contributed by atoms with Gasteiger partial charge in [-0.1, -0.05) is 12.6 Å². The number of amides is 1. The zero-order valence-electron chi connectivity index (χ0n) is 15.2. The second-order valence-corrected chi connectivity index (χ2v) is 7.03. The van der Waals surface area contributed by atoms with Crippen LogP contribution in [0.1, 0.15) is 6.42 Å². The molecule has 142 valence electrons. The first kappa shape index (κ1) is 16.7. The number of imidazole rings is 1. The van der Waals surface area contributed by atoms with Crippen LogP contribution in [-0.4, -0.2) is 35.6 Å². The van der Waals surface area contributed by atoms with Crippen LogP contribution in [0.4, 0.5) is 5.69 Å². The number of carbonyl (C=O) groups excluding carboxylic acids is 1. The second kappa shape index (κ2) is 6.60. The molecule has 7 nitrogen and oxygen atoms in total. The topological polar surface area (TPSA) is 88.3 Å². The van der Waals surface area contributed by atoms with Crippen molar-refractivity contribution < 1.29 is 14.3 Å². The Hall–Kier alpha value is -3.48. The molecule has 1 amide bonds. The Morgan fingerprint density at radius 3 is 3.00 bits per heavy atom. The van der Waals surface area contributed by atoms with Gasteiger partial charge in [0.15, 0.2) is 5.75 Å². The van der Waals surface area contributed by atoms with Gasteiger partial charge in [-0.15, -0.1) is 0 Å². The number of nitrogens with one attached hydrogen (secondary N) is 3. The maximum Gasteiger partial charge on any atom is 0.220 e. The third kappa shape index (κ3) is 2.94. The van der Waals surface area contributed by atoms with Crippen LogP contribution in [0.15, 0.2) is 49.0 Å². The minimum absolute atomic E-state index is 0.0252. The van der Waals surface area contributed by atoms with Gasteiger partial charge in [-0.25, -0.2) is 4.98 Å². The molecule has 0 aliphatic carbocycles. The van der Waals surface area contributed by atoms with Crippen LogP contribution in [-0.2, 0) is 4.79 Å². The summed E-state index contributed by atoms with van der Waals surface area (Å²) in [5, 5.41) is 6.18. The van der Waals surface area contributed by atoms with Gasteiger partial charge in [0.25, 0.3) is 0 Å². The predicted octanol–water partition coefficient (Wildman–Crippen LogP) is 3.06. The standard InChI is InChI=1S/C21H20N4O3/c1-12(15-9-20(26)23-10-15)28-19-8-14(7-17-21(19)25-11-24-17)13-2-3-18-16(6-13)22-4-5-27-18/h2-3,6-8,11,15,22H,1,4-5,9-10H2,(H,23,26)(H,24,25)/t15-/m1/s1. The molecule has 1 fully saturated rings. The van der Waals surface area contributed by atoms with Crippen molar-refractivity contribution in [2.24, 2.45) is 5.92 Å². The van der Waals surface area contributed by atoms with Crippen LogP contribution in [0.2, 0.25) is 0 Å². The molecule has 1 saturated heterocycles. The third-order valence-electron chi connectivity index (χ3n) is 5.15. The molecule has 7 heteroatoms. The van der Waals surface area contributed by atoms with Crippen molar-refractivity contribution in [3.05, 3.63) is 49.0 Å². The number of fused-ring (bicyclic) bond motifs is 2. The van der Waals surface area contributed by atoms with Crippen LogP contribution in [0.25, 0.3) is 22.2 Å². The summed E-state index contributed by atoms with van der Waals surface area (Å²) in [6.07, 6.45) is 2.05. The van der Waals surface area contributed by atoms with E-state index in [-0.39, 0.29) is 11.8 Å². The molecule has 2 aliphatic rings. The fourth-order valence-corrected chi connectivity index (χ4v) is 3.64. The Morgan fingerprint density at radius 1 is 1.21 bits per heavy atom. The third-order valence-corrected chi connectivity index (χ3v) is 5.15. The Bertz CT molecular complexity index is 1090. The van der Waals surface area contributed by atoms with Gasteiger partial charge in [0.1, 0.15) is 23.6 Å². The smallest absolute Gasteiger partial charge is 0.220 e. The van der Waals surface area contributed by atoms with Gasteiger partial charge in [0.2, 0.25) is 5.91 Å². The SMILES string of the molecule is C=C(Oc1cc(-c2ccc3c(c2)NCCO3)cc2[nH]cnc12)[C@H]1CNC(=O)C1. The largest absolute Gasteiger partial charge is 0.490 e. The summed E-state index contributed by atoms with van der Waals surface area (Å²) in [6, 6.07) is 10.1. The molecule has 3 heterocycles. The summed E-state index contributed by atoms with van der Waals surface area (Å²) in [7, 11) is 0. The van der Waals surface area contributed by atoms with E-state index in [9.17, 15) is 4.79 Å². The summed E-state index contributed by atoms with van der Waals surface area (Å²) >= 11 is 0. The van der Waals surface area contributed by atoms with E-state index in [4.69, 9.17) is 9.47 Å². The second-order valence-electron chi connectivity index (χ2n) is 7.03. The minimum atomic E-state index is -0.0322. The number of anilines is 1. The quantitative estimate of drug-likeness (QED) is 0.609. The number of rotatable bonds is 4. The molecule has 0 saturated carbocycles. The number of ether oxygens (including phenoxy) is 2. The van der Waals surface area contributed by atoms with Crippen LogP contribution in [0.3, 0.4) is 0 Å². The van der Waals surface area contributed by atoms with E-state index in [1.807, 2.05) is 24.3 Å². The first-order chi connectivity index (χ1) is 13.7. The molecule has 1 atom stereocenters. The van der Waals surface area contributed by atoms with Gasteiger partial charge in [0, 0.05) is 25.4 Å². The molecular weight excluding hydrogens is 356 g/mol. The fraction of sp³-hybridized carbons (Fsp3) is 0.238. The van der Waals surface area contributed by atoms with Crippen molar-refractivity contribution in [2.75, 3.05) is 25.0 Å². The van der Waals surface area contributed by atoms with E-state index in [0.717, 1.165) is 40.1 Å². The molecule has 0 radical (unpaired) electrons.